The SMILES string of the molecule is C=C(C)c1c(OCCCOC)cc2c([n+]1[O-])C1=CCC(C(=O)O)=CN1[C@H](C(C)(C)C)C2. The molecule has 1 aromatic rings. The summed E-state index contributed by atoms with van der Waals surface area (Å²) >= 11 is 0. The number of fused-ring (bicyclic) bond motifs is 3. The van der Waals surface area contributed by atoms with E-state index in [4.69, 9.17) is 9.47 Å². The first-order chi connectivity index (χ1) is 14.6. The predicted octanol–water partition coefficient (Wildman–Crippen LogP) is 3.75. The molecule has 168 valence electrons. The minimum Gasteiger partial charge on any atom is -0.618 e. The number of carboxylic acid groups (broad SMARTS) is 1. The summed E-state index contributed by atoms with van der Waals surface area (Å²) in [5.74, 6) is -0.414. The summed E-state index contributed by atoms with van der Waals surface area (Å²) in [4.78, 5) is 13.6. The molecular weight excluding hydrogens is 396 g/mol. The van der Waals surface area contributed by atoms with E-state index in [0.717, 1.165) is 16.0 Å². The number of hydrogen-bond acceptors (Lipinski definition) is 5. The number of allylic oxidation sites excluding steroid dienone is 2. The zero-order chi connectivity index (χ0) is 22.9. The summed E-state index contributed by atoms with van der Waals surface area (Å²) in [6, 6.07) is 1.95. The average molecular weight is 429 g/mol. The van der Waals surface area contributed by atoms with Gasteiger partial charge in [0.2, 0.25) is 5.69 Å². The lowest BCUT2D eigenvalue weighted by molar-refractivity contribution is -0.612. The number of methoxy groups -OCH3 is 1. The summed E-state index contributed by atoms with van der Waals surface area (Å²) in [5, 5.41) is 23.1. The molecule has 7 heteroatoms. The highest BCUT2D eigenvalue weighted by Crippen LogP contribution is 2.42. The minimum atomic E-state index is -0.939. The Hall–Kier alpha value is -2.80. The van der Waals surface area contributed by atoms with E-state index in [0.29, 0.717) is 54.3 Å². The van der Waals surface area contributed by atoms with Crippen LogP contribution in [0, 0.1) is 10.6 Å². The monoisotopic (exact) mass is 428 g/mol. The Morgan fingerprint density at radius 3 is 2.68 bits per heavy atom. The second-order valence-corrected chi connectivity index (χ2v) is 9.25. The molecule has 0 aromatic carbocycles. The van der Waals surface area contributed by atoms with Gasteiger partial charge in [-0.2, -0.15) is 4.73 Å². The van der Waals surface area contributed by atoms with Gasteiger partial charge in [-0.15, -0.1) is 0 Å². The molecule has 1 aromatic heterocycles. The van der Waals surface area contributed by atoms with Crippen LogP contribution in [0.5, 0.6) is 5.75 Å². The van der Waals surface area contributed by atoms with Gasteiger partial charge in [-0.1, -0.05) is 27.4 Å². The molecule has 0 unspecified atom stereocenters. The maximum Gasteiger partial charge on any atom is 0.333 e. The van der Waals surface area contributed by atoms with Crippen LogP contribution in [-0.2, 0) is 16.0 Å². The van der Waals surface area contributed by atoms with Crippen molar-refractivity contribution in [3.63, 3.8) is 0 Å². The van der Waals surface area contributed by atoms with Crippen molar-refractivity contribution in [3.05, 3.63) is 52.7 Å². The Morgan fingerprint density at radius 1 is 1.39 bits per heavy atom. The van der Waals surface area contributed by atoms with Gasteiger partial charge in [0.25, 0.3) is 5.69 Å². The van der Waals surface area contributed by atoms with Gasteiger partial charge in [-0.3, -0.25) is 0 Å². The molecule has 0 saturated carbocycles. The Bertz CT molecular complexity index is 956. The van der Waals surface area contributed by atoms with Crippen LogP contribution in [0.2, 0.25) is 0 Å². The van der Waals surface area contributed by atoms with Gasteiger partial charge < -0.3 is 24.7 Å². The lowest BCUT2D eigenvalue weighted by Gasteiger charge is -2.45. The molecule has 0 spiro atoms. The predicted molar refractivity (Wildman–Crippen MR) is 119 cm³/mol. The molecule has 0 radical (unpaired) electrons. The van der Waals surface area contributed by atoms with Gasteiger partial charge in [0.15, 0.2) is 5.75 Å². The van der Waals surface area contributed by atoms with Crippen LogP contribution in [-0.4, -0.2) is 42.3 Å². The smallest absolute Gasteiger partial charge is 0.333 e. The van der Waals surface area contributed by atoms with Gasteiger partial charge in [-0.05, 0) is 24.5 Å². The van der Waals surface area contributed by atoms with Gasteiger partial charge in [0, 0.05) is 56.4 Å². The molecule has 1 atom stereocenters. The topological polar surface area (TPSA) is 85.9 Å². The van der Waals surface area contributed by atoms with Crippen molar-refractivity contribution >= 4 is 17.2 Å². The first-order valence-electron chi connectivity index (χ1n) is 10.6. The number of carboxylic acids is 1. The van der Waals surface area contributed by atoms with E-state index in [9.17, 15) is 15.1 Å². The maximum absolute atomic E-state index is 13.5. The quantitative estimate of drug-likeness (QED) is 0.404. The fourth-order valence-electron chi connectivity index (χ4n) is 4.19. The van der Waals surface area contributed by atoms with E-state index in [2.05, 4.69) is 27.4 Å². The third-order valence-electron chi connectivity index (χ3n) is 5.76. The summed E-state index contributed by atoms with van der Waals surface area (Å²) in [6.07, 6.45) is 5.12. The van der Waals surface area contributed by atoms with Crippen molar-refractivity contribution in [3.8, 4) is 5.75 Å². The second-order valence-electron chi connectivity index (χ2n) is 9.25. The Morgan fingerprint density at radius 2 is 2.10 bits per heavy atom. The molecule has 0 amide bonds. The minimum absolute atomic E-state index is 0.00193. The molecule has 7 nitrogen and oxygen atoms in total. The first kappa shape index (κ1) is 22.9. The lowest BCUT2D eigenvalue weighted by Crippen LogP contribution is -2.50. The van der Waals surface area contributed by atoms with E-state index < -0.39 is 5.97 Å². The van der Waals surface area contributed by atoms with Gasteiger partial charge in [-0.25, -0.2) is 4.79 Å². The van der Waals surface area contributed by atoms with Crippen molar-refractivity contribution in [1.82, 2.24) is 4.90 Å². The van der Waals surface area contributed by atoms with Gasteiger partial charge >= 0.3 is 5.97 Å². The normalized spacial score (nSPS) is 18.0. The third-order valence-corrected chi connectivity index (χ3v) is 5.76. The first-order valence-corrected chi connectivity index (χ1v) is 10.6. The van der Waals surface area contributed by atoms with Crippen LogP contribution < -0.4 is 9.47 Å². The molecule has 2 aliphatic heterocycles. The number of hydrogen-bond donors (Lipinski definition) is 1. The lowest BCUT2D eigenvalue weighted by atomic mass is 9.78. The summed E-state index contributed by atoms with van der Waals surface area (Å²) in [5.41, 5.74) is 3.38. The summed E-state index contributed by atoms with van der Waals surface area (Å²) in [6.45, 7) is 13.2. The number of rotatable bonds is 7. The zero-order valence-electron chi connectivity index (χ0n) is 19.0. The number of carbonyl (C=O) groups is 1. The third kappa shape index (κ3) is 4.46. The highest BCUT2D eigenvalue weighted by molar-refractivity contribution is 5.88. The largest absolute Gasteiger partial charge is 0.618 e. The molecule has 3 rings (SSSR count). The standard InChI is InChI=1S/C24H32N2O5/c1-15(2)21-19(31-11-7-10-30-6)12-17-13-20(24(3,4)5)25-14-16(23(27)28)8-9-18(25)22(17)26(21)29/h9,12,14,20H,1,7-8,10-11,13H2,2-6H3,(H,27,28)/t20-/m0/s1. The molecule has 1 N–H and O–H groups in total. The highest BCUT2D eigenvalue weighted by Gasteiger charge is 2.42. The van der Waals surface area contributed by atoms with Gasteiger partial charge in [0.1, 0.15) is 5.70 Å². The van der Waals surface area contributed by atoms with E-state index in [1.165, 1.54) is 0 Å². The number of aliphatic carboxylic acids is 1. The molecule has 2 aliphatic rings. The van der Waals surface area contributed by atoms with E-state index in [1.807, 2.05) is 17.0 Å². The molecule has 31 heavy (non-hydrogen) atoms. The number of aromatic nitrogens is 1. The number of ether oxygens (including phenoxy) is 2. The van der Waals surface area contributed by atoms with Crippen molar-refractivity contribution in [2.75, 3.05) is 20.3 Å². The summed E-state index contributed by atoms with van der Waals surface area (Å²) in [7, 11) is 1.64. The second kappa shape index (κ2) is 8.75. The van der Waals surface area contributed by atoms with Crippen LogP contribution in [0.1, 0.15) is 57.5 Å². The molecular formula is C24H32N2O5. The Kier molecular flexibility index (Phi) is 6.46. The zero-order valence-corrected chi connectivity index (χ0v) is 19.0. The van der Waals surface area contributed by atoms with E-state index >= 15 is 0 Å². The number of nitrogens with zero attached hydrogens (tertiary/aromatic N) is 2. The average Bonchev–Trinajstić information content (AvgIpc) is 2.68. The molecule has 0 bridgehead atoms. The Balaban J connectivity index is 2.13. The van der Waals surface area contributed by atoms with Crippen molar-refractivity contribution in [1.29, 1.82) is 0 Å². The molecule has 0 saturated heterocycles. The van der Waals surface area contributed by atoms with Crippen molar-refractivity contribution in [2.24, 2.45) is 5.41 Å². The van der Waals surface area contributed by atoms with Crippen LogP contribution in [0.15, 0.2) is 30.5 Å². The molecule has 3 heterocycles. The number of pyridine rings is 1. The van der Waals surface area contributed by atoms with Crippen LogP contribution >= 0.6 is 0 Å². The Labute approximate surface area is 183 Å². The van der Waals surface area contributed by atoms with Crippen LogP contribution in [0.4, 0.5) is 0 Å². The fourth-order valence-corrected chi connectivity index (χ4v) is 4.19. The highest BCUT2D eigenvalue weighted by atomic mass is 16.5. The van der Waals surface area contributed by atoms with Crippen molar-refractivity contribution < 1.29 is 24.1 Å². The van der Waals surface area contributed by atoms with Crippen molar-refractivity contribution in [2.45, 2.75) is 53.0 Å². The van der Waals surface area contributed by atoms with E-state index in [-0.39, 0.29) is 17.9 Å². The maximum atomic E-state index is 13.5. The molecule has 0 aliphatic carbocycles. The van der Waals surface area contributed by atoms with E-state index in [1.54, 1.807) is 20.2 Å². The van der Waals surface area contributed by atoms with Crippen LogP contribution in [0.3, 0.4) is 0 Å². The summed E-state index contributed by atoms with van der Waals surface area (Å²) < 4.78 is 12.0. The fraction of sp³-hybridized carbons (Fsp3) is 0.500. The molecule has 0 fully saturated rings. The van der Waals surface area contributed by atoms with Gasteiger partial charge in [0.05, 0.1) is 12.2 Å². The van der Waals surface area contributed by atoms with Crippen LogP contribution in [0.25, 0.3) is 11.3 Å².